The van der Waals surface area contributed by atoms with Gasteiger partial charge in [-0.1, -0.05) is 43.6 Å². The minimum absolute atomic E-state index is 0.252. The first-order valence-corrected chi connectivity index (χ1v) is 7.47. The highest BCUT2D eigenvalue weighted by molar-refractivity contribution is 6.31. The van der Waals surface area contributed by atoms with Gasteiger partial charge in [0.25, 0.3) is 0 Å². The van der Waals surface area contributed by atoms with E-state index < -0.39 is 0 Å². The fraction of sp³-hybridized carbons (Fsp3) is 0.235. The molecule has 0 amide bonds. The predicted molar refractivity (Wildman–Crippen MR) is 86.9 cm³/mol. The van der Waals surface area contributed by atoms with Crippen LogP contribution in [0.2, 0.25) is 5.02 Å². The van der Waals surface area contributed by atoms with Crippen molar-refractivity contribution >= 4 is 22.8 Å². The van der Waals surface area contributed by atoms with Gasteiger partial charge in [-0.3, -0.25) is 0 Å². The topological polar surface area (TPSA) is 54.5 Å². The normalized spacial score (nSPS) is 11.0. The van der Waals surface area contributed by atoms with E-state index in [9.17, 15) is 5.26 Å². The number of fused-ring (bicyclic) bond motifs is 1. The summed E-state index contributed by atoms with van der Waals surface area (Å²) in [5, 5.41) is 9.84. The first kappa shape index (κ1) is 14.6. The molecule has 0 aliphatic heterocycles. The first-order chi connectivity index (χ1) is 10.6. The highest BCUT2D eigenvalue weighted by atomic mass is 35.5. The lowest BCUT2D eigenvalue weighted by atomic mass is 10.1. The third-order valence-electron chi connectivity index (χ3n) is 3.56. The van der Waals surface area contributed by atoms with Crippen LogP contribution in [-0.2, 0) is 6.54 Å². The Kier molecular flexibility index (Phi) is 3.82. The quantitative estimate of drug-likeness (QED) is 0.731. The van der Waals surface area contributed by atoms with Gasteiger partial charge < -0.3 is 4.57 Å². The predicted octanol–water partition coefficient (Wildman–Crippen LogP) is 4.13. The molecule has 1 aromatic carbocycles. The number of hydrogen-bond acceptors (Lipinski definition) is 3. The molecule has 0 N–H and O–H groups in total. The van der Waals surface area contributed by atoms with E-state index in [1.807, 2.05) is 30.3 Å². The molecule has 22 heavy (non-hydrogen) atoms. The summed E-state index contributed by atoms with van der Waals surface area (Å²) < 4.78 is 2.06. The van der Waals surface area contributed by atoms with Gasteiger partial charge in [0.15, 0.2) is 5.65 Å². The summed E-state index contributed by atoms with van der Waals surface area (Å²) >= 11 is 6.01. The summed E-state index contributed by atoms with van der Waals surface area (Å²) in [5.41, 5.74) is 3.21. The number of benzene rings is 1. The molecule has 0 unspecified atom stereocenters. The second kappa shape index (κ2) is 5.78. The first-order valence-electron chi connectivity index (χ1n) is 7.10. The van der Waals surface area contributed by atoms with Crippen LogP contribution in [0.15, 0.2) is 36.5 Å². The Hall–Kier alpha value is -2.38. The molecule has 110 valence electrons. The van der Waals surface area contributed by atoms with E-state index in [1.165, 1.54) is 0 Å². The molecule has 0 atom stereocenters. The standard InChI is InChI=1S/C17H15ClN4/c1-11(2)16-21-15-7-14(18)9-20-17(15)22(16)10-13-6-4-3-5-12(13)8-19/h3-7,9,11H,10H2,1-2H3. The van der Waals surface area contributed by atoms with Crippen molar-refractivity contribution in [2.24, 2.45) is 0 Å². The van der Waals surface area contributed by atoms with E-state index in [0.29, 0.717) is 17.1 Å². The van der Waals surface area contributed by atoms with E-state index in [1.54, 1.807) is 6.20 Å². The summed E-state index contributed by atoms with van der Waals surface area (Å²) in [7, 11) is 0. The SMILES string of the molecule is CC(C)c1nc2cc(Cl)cnc2n1Cc1ccccc1C#N. The molecule has 3 aromatic rings. The number of imidazole rings is 1. The fourth-order valence-electron chi connectivity index (χ4n) is 2.54. The number of nitrogens with zero attached hydrogens (tertiary/aromatic N) is 4. The van der Waals surface area contributed by atoms with E-state index in [-0.39, 0.29) is 5.92 Å². The maximum atomic E-state index is 9.27. The number of halogens is 1. The van der Waals surface area contributed by atoms with Gasteiger partial charge in [0.05, 0.1) is 23.2 Å². The van der Waals surface area contributed by atoms with Crippen LogP contribution in [0.3, 0.4) is 0 Å². The van der Waals surface area contributed by atoms with Gasteiger partial charge in [-0.15, -0.1) is 0 Å². The van der Waals surface area contributed by atoms with Gasteiger partial charge in [-0.25, -0.2) is 9.97 Å². The molecule has 0 fully saturated rings. The van der Waals surface area contributed by atoms with Crippen molar-refractivity contribution in [3.63, 3.8) is 0 Å². The van der Waals surface area contributed by atoms with Crippen LogP contribution in [0.4, 0.5) is 0 Å². The lowest BCUT2D eigenvalue weighted by molar-refractivity contribution is 0.679. The Bertz CT molecular complexity index is 874. The minimum Gasteiger partial charge on any atom is -0.308 e. The van der Waals surface area contributed by atoms with Gasteiger partial charge in [-0.2, -0.15) is 5.26 Å². The molecule has 0 bridgehead atoms. The Morgan fingerprint density at radius 1 is 1.32 bits per heavy atom. The summed E-state index contributed by atoms with van der Waals surface area (Å²) in [4.78, 5) is 9.08. The van der Waals surface area contributed by atoms with Gasteiger partial charge in [0, 0.05) is 12.1 Å². The van der Waals surface area contributed by atoms with Gasteiger partial charge >= 0.3 is 0 Å². The van der Waals surface area contributed by atoms with Crippen LogP contribution in [0.1, 0.15) is 36.7 Å². The number of rotatable bonds is 3. The smallest absolute Gasteiger partial charge is 0.160 e. The molecule has 0 radical (unpaired) electrons. The van der Waals surface area contributed by atoms with Gasteiger partial charge in [0.1, 0.15) is 11.3 Å². The van der Waals surface area contributed by atoms with Crippen LogP contribution in [0.5, 0.6) is 0 Å². The maximum absolute atomic E-state index is 9.27. The fourth-order valence-corrected chi connectivity index (χ4v) is 2.69. The third kappa shape index (κ3) is 2.56. The average molecular weight is 311 g/mol. The molecule has 0 aliphatic rings. The monoisotopic (exact) mass is 310 g/mol. The average Bonchev–Trinajstić information content (AvgIpc) is 2.86. The Balaban J connectivity index is 2.17. The second-order valence-electron chi connectivity index (χ2n) is 5.48. The molecule has 4 nitrogen and oxygen atoms in total. The highest BCUT2D eigenvalue weighted by Crippen LogP contribution is 2.24. The van der Waals surface area contributed by atoms with Crippen molar-refractivity contribution in [1.82, 2.24) is 14.5 Å². The van der Waals surface area contributed by atoms with Crippen LogP contribution in [0.25, 0.3) is 11.2 Å². The van der Waals surface area contributed by atoms with Crippen molar-refractivity contribution in [1.29, 1.82) is 5.26 Å². The Morgan fingerprint density at radius 3 is 2.82 bits per heavy atom. The lowest BCUT2D eigenvalue weighted by Gasteiger charge is -2.12. The summed E-state index contributed by atoms with van der Waals surface area (Å²) in [6, 6.07) is 11.7. The highest BCUT2D eigenvalue weighted by Gasteiger charge is 2.16. The molecule has 0 saturated heterocycles. The third-order valence-corrected chi connectivity index (χ3v) is 3.77. The Labute approximate surface area is 134 Å². The van der Waals surface area contributed by atoms with Crippen molar-refractivity contribution in [3.8, 4) is 6.07 Å². The minimum atomic E-state index is 0.252. The van der Waals surface area contributed by atoms with Gasteiger partial charge in [0.2, 0.25) is 0 Å². The largest absolute Gasteiger partial charge is 0.308 e. The van der Waals surface area contributed by atoms with Crippen LogP contribution < -0.4 is 0 Å². The van der Waals surface area contributed by atoms with E-state index >= 15 is 0 Å². The van der Waals surface area contributed by atoms with E-state index in [4.69, 9.17) is 11.6 Å². The van der Waals surface area contributed by atoms with Crippen molar-refractivity contribution in [3.05, 3.63) is 58.5 Å². The van der Waals surface area contributed by atoms with Crippen LogP contribution in [0, 0.1) is 11.3 Å². The zero-order valence-corrected chi connectivity index (χ0v) is 13.2. The van der Waals surface area contributed by atoms with Crippen LogP contribution >= 0.6 is 11.6 Å². The zero-order valence-electron chi connectivity index (χ0n) is 12.4. The number of aromatic nitrogens is 3. The van der Waals surface area contributed by atoms with Gasteiger partial charge in [-0.05, 0) is 17.7 Å². The molecule has 0 spiro atoms. The molecule has 3 rings (SSSR count). The molecule has 2 heterocycles. The van der Waals surface area contributed by atoms with Crippen LogP contribution in [-0.4, -0.2) is 14.5 Å². The van der Waals surface area contributed by atoms with Crippen molar-refractivity contribution in [2.45, 2.75) is 26.3 Å². The molecular weight excluding hydrogens is 296 g/mol. The van der Waals surface area contributed by atoms with Crippen molar-refractivity contribution < 1.29 is 0 Å². The second-order valence-corrected chi connectivity index (χ2v) is 5.91. The number of hydrogen-bond donors (Lipinski definition) is 0. The number of pyridine rings is 1. The summed E-state index contributed by atoms with van der Waals surface area (Å²) in [6.07, 6.45) is 1.63. The van der Waals surface area contributed by atoms with E-state index in [0.717, 1.165) is 22.6 Å². The molecule has 2 aromatic heterocycles. The zero-order chi connectivity index (χ0) is 15.7. The molecular formula is C17H15ClN4. The summed E-state index contributed by atoms with van der Waals surface area (Å²) in [6.45, 7) is 4.76. The Morgan fingerprint density at radius 2 is 2.09 bits per heavy atom. The number of nitriles is 1. The molecule has 0 aliphatic carbocycles. The molecule has 5 heteroatoms. The molecule has 0 saturated carbocycles. The lowest BCUT2D eigenvalue weighted by Crippen LogP contribution is -2.08. The maximum Gasteiger partial charge on any atom is 0.160 e. The van der Waals surface area contributed by atoms with E-state index in [2.05, 4.69) is 34.5 Å². The summed E-state index contributed by atoms with van der Waals surface area (Å²) in [5.74, 6) is 1.19. The van der Waals surface area contributed by atoms with Crippen molar-refractivity contribution in [2.75, 3.05) is 0 Å².